The Hall–Kier alpha value is -4.08. The molecule has 0 saturated carbocycles. The Kier molecular flexibility index (Phi) is 5.35. The normalized spacial score (nSPS) is 13.8. The van der Waals surface area contributed by atoms with Crippen molar-refractivity contribution < 1.29 is 18.0 Å². The summed E-state index contributed by atoms with van der Waals surface area (Å²) in [6.07, 6.45) is -2.87. The van der Waals surface area contributed by atoms with Crippen molar-refractivity contribution in [2.24, 2.45) is 7.05 Å². The second-order valence-electron chi connectivity index (χ2n) is 8.06. The van der Waals surface area contributed by atoms with Crippen molar-refractivity contribution in [1.29, 1.82) is 0 Å². The number of carbonyl (C=O) groups is 1. The quantitative estimate of drug-likeness (QED) is 0.454. The molecule has 0 unspecified atom stereocenters. The highest BCUT2D eigenvalue weighted by Crippen LogP contribution is 2.31. The number of halogens is 3. The fourth-order valence-electron chi connectivity index (χ4n) is 4.06. The molecule has 0 saturated heterocycles. The third-order valence-corrected chi connectivity index (χ3v) is 5.81. The molecule has 1 aliphatic heterocycles. The average molecular weight is 466 g/mol. The highest BCUT2D eigenvalue weighted by Gasteiger charge is 2.30. The van der Waals surface area contributed by atoms with Gasteiger partial charge in [0.05, 0.1) is 29.7 Å². The van der Waals surface area contributed by atoms with E-state index in [0.717, 1.165) is 23.0 Å². The Morgan fingerprint density at radius 1 is 1.12 bits per heavy atom. The van der Waals surface area contributed by atoms with Crippen molar-refractivity contribution in [3.05, 3.63) is 77.7 Å². The molecule has 0 aliphatic carbocycles. The van der Waals surface area contributed by atoms with E-state index in [9.17, 15) is 18.0 Å². The summed E-state index contributed by atoms with van der Waals surface area (Å²) in [5.41, 5.74) is 2.26. The number of anilines is 3. The Bertz CT molecular complexity index is 1380. The van der Waals surface area contributed by atoms with Crippen molar-refractivity contribution in [2.45, 2.75) is 12.7 Å². The first kappa shape index (κ1) is 21.7. The third kappa shape index (κ3) is 4.14. The molecule has 174 valence electrons. The molecule has 34 heavy (non-hydrogen) atoms. The molecule has 2 N–H and O–H groups in total. The number of hydrogen-bond donors (Lipinski definition) is 2. The van der Waals surface area contributed by atoms with Gasteiger partial charge in [0.1, 0.15) is 5.69 Å². The first-order valence-corrected chi connectivity index (χ1v) is 10.7. The maximum Gasteiger partial charge on any atom is 0.416 e. The number of nitrogens with zero attached hydrogens (tertiary/aromatic N) is 4. The molecule has 2 aromatic heterocycles. The summed E-state index contributed by atoms with van der Waals surface area (Å²) in [5, 5.41) is 7.04. The van der Waals surface area contributed by atoms with Gasteiger partial charge in [-0.15, -0.1) is 0 Å². The highest BCUT2D eigenvalue weighted by atomic mass is 19.4. The van der Waals surface area contributed by atoms with Crippen LogP contribution >= 0.6 is 0 Å². The largest absolute Gasteiger partial charge is 0.416 e. The van der Waals surface area contributed by atoms with Crippen LogP contribution in [-0.4, -0.2) is 38.4 Å². The smallest absolute Gasteiger partial charge is 0.380 e. The molecular weight excluding hydrogens is 445 g/mol. The summed E-state index contributed by atoms with van der Waals surface area (Å²) in [4.78, 5) is 23.8. The van der Waals surface area contributed by atoms with Gasteiger partial charge in [0.2, 0.25) is 5.95 Å². The van der Waals surface area contributed by atoms with Gasteiger partial charge >= 0.3 is 6.18 Å². The SMILES string of the molecule is Cn1c(C(=O)N2CCNc3cnc(Nc4cccc(C(F)(F)F)c4)nc3C2)cc2ccccc21. The van der Waals surface area contributed by atoms with Crippen molar-refractivity contribution in [3.63, 3.8) is 0 Å². The summed E-state index contributed by atoms with van der Waals surface area (Å²) < 4.78 is 40.9. The van der Waals surface area contributed by atoms with Gasteiger partial charge < -0.3 is 20.1 Å². The summed E-state index contributed by atoms with van der Waals surface area (Å²) >= 11 is 0. The Labute approximate surface area is 193 Å². The molecule has 1 amide bonds. The lowest BCUT2D eigenvalue weighted by Crippen LogP contribution is -2.34. The van der Waals surface area contributed by atoms with Crippen LogP contribution in [0, 0.1) is 0 Å². The highest BCUT2D eigenvalue weighted by molar-refractivity contribution is 5.98. The maximum absolute atomic E-state index is 13.4. The molecule has 3 heterocycles. The summed E-state index contributed by atoms with van der Waals surface area (Å²) in [6, 6.07) is 14.5. The molecule has 7 nitrogen and oxygen atoms in total. The van der Waals surface area contributed by atoms with Crippen LogP contribution in [0.1, 0.15) is 21.7 Å². The van der Waals surface area contributed by atoms with E-state index in [1.807, 2.05) is 41.9 Å². The Morgan fingerprint density at radius 3 is 2.74 bits per heavy atom. The molecule has 0 bridgehead atoms. The van der Waals surface area contributed by atoms with Crippen LogP contribution in [0.25, 0.3) is 10.9 Å². The minimum absolute atomic E-state index is 0.126. The molecule has 1 aliphatic rings. The molecule has 4 aromatic rings. The number of carbonyl (C=O) groups excluding carboxylic acids is 1. The molecule has 2 aromatic carbocycles. The second kappa shape index (κ2) is 8.36. The maximum atomic E-state index is 13.4. The molecule has 5 rings (SSSR count). The van der Waals surface area contributed by atoms with Crippen LogP contribution in [-0.2, 0) is 19.8 Å². The lowest BCUT2D eigenvalue weighted by molar-refractivity contribution is -0.137. The van der Waals surface area contributed by atoms with Gasteiger partial charge in [0, 0.05) is 36.7 Å². The molecule has 0 radical (unpaired) electrons. The zero-order valence-electron chi connectivity index (χ0n) is 18.2. The van der Waals surface area contributed by atoms with Gasteiger partial charge in [-0.1, -0.05) is 24.3 Å². The first-order valence-electron chi connectivity index (χ1n) is 10.7. The first-order chi connectivity index (χ1) is 16.3. The predicted octanol–water partition coefficient (Wildman–Crippen LogP) is 4.80. The number of amides is 1. The van der Waals surface area contributed by atoms with Crippen LogP contribution in [0.2, 0.25) is 0 Å². The molecule has 0 fully saturated rings. The number of fused-ring (bicyclic) bond motifs is 2. The van der Waals surface area contributed by atoms with Crippen LogP contribution in [0.3, 0.4) is 0 Å². The predicted molar refractivity (Wildman–Crippen MR) is 123 cm³/mol. The van der Waals surface area contributed by atoms with Crippen LogP contribution in [0.4, 0.5) is 30.5 Å². The number of aromatic nitrogens is 3. The van der Waals surface area contributed by atoms with E-state index < -0.39 is 11.7 Å². The van der Waals surface area contributed by atoms with Crippen LogP contribution in [0.5, 0.6) is 0 Å². The number of nitrogens with one attached hydrogen (secondary N) is 2. The molecule has 0 atom stereocenters. The topological polar surface area (TPSA) is 75.1 Å². The number of benzene rings is 2. The zero-order valence-corrected chi connectivity index (χ0v) is 18.2. The van der Waals surface area contributed by atoms with Crippen molar-refractivity contribution in [3.8, 4) is 0 Å². The second-order valence-corrected chi connectivity index (χ2v) is 8.06. The number of para-hydroxylation sites is 1. The monoisotopic (exact) mass is 466 g/mol. The van der Waals surface area contributed by atoms with E-state index in [1.165, 1.54) is 12.1 Å². The van der Waals surface area contributed by atoms with E-state index in [2.05, 4.69) is 20.6 Å². The lowest BCUT2D eigenvalue weighted by Gasteiger charge is -2.20. The fraction of sp³-hybridized carbons (Fsp3) is 0.208. The average Bonchev–Trinajstić information content (AvgIpc) is 3.00. The van der Waals surface area contributed by atoms with Crippen molar-refractivity contribution >= 4 is 34.1 Å². The van der Waals surface area contributed by atoms with Gasteiger partial charge in [-0.3, -0.25) is 4.79 Å². The van der Waals surface area contributed by atoms with Gasteiger partial charge in [-0.2, -0.15) is 13.2 Å². The van der Waals surface area contributed by atoms with Crippen LogP contribution in [0.15, 0.2) is 60.8 Å². The lowest BCUT2D eigenvalue weighted by atomic mass is 10.2. The Balaban J connectivity index is 1.40. The van der Waals surface area contributed by atoms with E-state index in [-0.39, 0.29) is 24.1 Å². The van der Waals surface area contributed by atoms with E-state index in [0.29, 0.717) is 30.2 Å². The van der Waals surface area contributed by atoms with E-state index in [1.54, 1.807) is 11.1 Å². The Morgan fingerprint density at radius 2 is 1.94 bits per heavy atom. The number of aryl methyl sites for hydroxylation is 1. The standard InChI is InChI=1S/C24H21F3N6O/c1-32-20-8-3-2-5-15(20)11-21(32)22(34)33-10-9-28-18-13-29-23(31-19(18)14-33)30-17-7-4-6-16(12-17)24(25,26)27/h2-8,11-13,28H,9-10,14H2,1H3,(H,29,30,31). The number of rotatable bonds is 3. The van der Waals surface area contributed by atoms with E-state index in [4.69, 9.17) is 0 Å². The minimum atomic E-state index is -4.45. The fourth-order valence-corrected chi connectivity index (χ4v) is 4.06. The summed E-state index contributed by atoms with van der Waals surface area (Å²) in [7, 11) is 1.86. The van der Waals surface area contributed by atoms with Gasteiger partial charge in [-0.25, -0.2) is 9.97 Å². The van der Waals surface area contributed by atoms with Crippen molar-refractivity contribution in [1.82, 2.24) is 19.4 Å². The van der Waals surface area contributed by atoms with Crippen LogP contribution < -0.4 is 10.6 Å². The third-order valence-electron chi connectivity index (χ3n) is 5.81. The minimum Gasteiger partial charge on any atom is -0.380 e. The molecular formula is C24H21F3N6O. The number of alkyl halides is 3. The summed E-state index contributed by atoms with van der Waals surface area (Å²) in [5.74, 6) is 0.0260. The summed E-state index contributed by atoms with van der Waals surface area (Å²) in [6.45, 7) is 1.22. The zero-order chi connectivity index (χ0) is 23.9. The van der Waals surface area contributed by atoms with Gasteiger partial charge in [0.15, 0.2) is 0 Å². The van der Waals surface area contributed by atoms with Gasteiger partial charge in [-0.05, 0) is 30.3 Å². The molecule has 10 heteroatoms. The van der Waals surface area contributed by atoms with Crippen molar-refractivity contribution in [2.75, 3.05) is 23.7 Å². The molecule has 0 spiro atoms. The van der Waals surface area contributed by atoms with E-state index >= 15 is 0 Å². The van der Waals surface area contributed by atoms with Gasteiger partial charge in [0.25, 0.3) is 5.91 Å². The number of hydrogen-bond acceptors (Lipinski definition) is 5.